The third-order valence-corrected chi connectivity index (χ3v) is 6.97. The van der Waals surface area contributed by atoms with E-state index in [0.29, 0.717) is 12.3 Å². The van der Waals surface area contributed by atoms with Gasteiger partial charge in [-0.05, 0) is 36.3 Å². The second kappa shape index (κ2) is 8.55. The number of piperidine rings is 1. The first-order valence-electron chi connectivity index (χ1n) is 9.96. The number of nitrogens with zero attached hydrogens (tertiary/aromatic N) is 2. The number of morpholine rings is 1. The molecule has 2 aliphatic rings. The van der Waals surface area contributed by atoms with Crippen LogP contribution in [0.25, 0.3) is 0 Å². The Labute approximate surface area is 165 Å². The lowest BCUT2D eigenvalue weighted by molar-refractivity contribution is -0.135. The first-order valence-corrected chi connectivity index (χ1v) is 10.8. The summed E-state index contributed by atoms with van der Waals surface area (Å²) in [5.74, 6) is 0.298. The topological polar surface area (TPSA) is 32.8 Å². The van der Waals surface area contributed by atoms with Crippen LogP contribution in [0.5, 0.6) is 0 Å². The average Bonchev–Trinajstić information content (AvgIpc) is 3.27. The summed E-state index contributed by atoms with van der Waals surface area (Å²) >= 11 is 1.74. The lowest BCUT2D eigenvalue weighted by atomic mass is 9.79. The average molecular weight is 385 g/mol. The van der Waals surface area contributed by atoms with E-state index in [2.05, 4.69) is 57.6 Å². The van der Waals surface area contributed by atoms with Crippen molar-refractivity contribution in [3.05, 3.63) is 58.3 Å². The molecule has 3 heterocycles. The minimum absolute atomic E-state index is 0.0373. The summed E-state index contributed by atoms with van der Waals surface area (Å²) in [5.41, 5.74) is 1.42. The first kappa shape index (κ1) is 18.7. The zero-order chi connectivity index (χ0) is 18.5. The Morgan fingerprint density at radius 2 is 1.74 bits per heavy atom. The number of rotatable bonds is 5. The van der Waals surface area contributed by atoms with E-state index in [1.807, 2.05) is 0 Å². The van der Waals surface area contributed by atoms with Gasteiger partial charge in [0, 0.05) is 43.0 Å². The molecule has 4 rings (SSSR count). The van der Waals surface area contributed by atoms with Gasteiger partial charge in [0.05, 0.1) is 13.2 Å². The van der Waals surface area contributed by atoms with Crippen LogP contribution >= 0.6 is 11.3 Å². The lowest BCUT2D eigenvalue weighted by Gasteiger charge is -2.50. The first-order chi connectivity index (χ1) is 13.3. The van der Waals surface area contributed by atoms with Gasteiger partial charge in [-0.2, -0.15) is 0 Å². The van der Waals surface area contributed by atoms with Crippen LogP contribution < -0.4 is 0 Å². The number of hydrogen-bond donors (Lipinski definition) is 0. The number of likely N-dealkylation sites (tertiary alicyclic amines) is 1. The summed E-state index contributed by atoms with van der Waals surface area (Å²) in [6, 6.07) is 15.0. The zero-order valence-corrected chi connectivity index (χ0v) is 16.6. The van der Waals surface area contributed by atoms with Crippen LogP contribution in [-0.2, 0) is 21.5 Å². The lowest BCUT2D eigenvalue weighted by Crippen LogP contribution is -2.57. The van der Waals surface area contributed by atoms with E-state index in [-0.39, 0.29) is 5.54 Å². The van der Waals surface area contributed by atoms with Gasteiger partial charge < -0.3 is 9.64 Å². The molecule has 5 heteroatoms. The molecule has 0 bridgehead atoms. The van der Waals surface area contributed by atoms with Crippen molar-refractivity contribution >= 4 is 17.2 Å². The van der Waals surface area contributed by atoms with Gasteiger partial charge in [-0.25, -0.2) is 0 Å². The van der Waals surface area contributed by atoms with Gasteiger partial charge >= 0.3 is 0 Å². The molecule has 2 aliphatic heterocycles. The molecular weight excluding hydrogens is 356 g/mol. The van der Waals surface area contributed by atoms with Crippen molar-refractivity contribution in [3.8, 4) is 0 Å². The molecule has 1 aromatic heterocycles. The number of ether oxygens (including phenoxy) is 1. The maximum absolute atomic E-state index is 12.7. The smallest absolute Gasteiger partial charge is 0.222 e. The quantitative estimate of drug-likeness (QED) is 0.791. The summed E-state index contributed by atoms with van der Waals surface area (Å²) in [7, 11) is 0. The van der Waals surface area contributed by atoms with Gasteiger partial charge in [0.25, 0.3) is 0 Å². The summed E-state index contributed by atoms with van der Waals surface area (Å²) in [4.78, 5) is 18.7. The van der Waals surface area contributed by atoms with E-state index in [0.717, 1.165) is 58.7 Å². The fourth-order valence-electron chi connectivity index (χ4n) is 4.50. The molecule has 27 heavy (non-hydrogen) atoms. The number of aryl methyl sites for hydroxylation is 1. The number of benzene rings is 1. The fraction of sp³-hybridized carbons (Fsp3) is 0.500. The normalized spacial score (nSPS) is 20.5. The van der Waals surface area contributed by atoms with E-state index in [1.54, 1.807) is 11.3 Å². The largest absolute Gasteiger partial charge is 0.379 e. The maximum atomic E-state index is 12.7. The molecule has 1 amide bonds. The summed E-state index contributed by atoms with van der Waals surface area (Å²) in [6.07, 6.45) is 3.49. The standard InChI is InChI=1S/C22H28N2O2S/c25-21(9-8-20-7-4-18-27-20)23-12-10-22(11-13-23,19-5-2-1-3-6-19)24-14-16-26-17-15-24/h1-7,18H,8-17H2. The van der Waals surface area contributed by atoms with Gasteiger partial charge in [-0.3, -0.25) is 9.69 Å². The number of carbonyl (C=O) groups is 1. The van der Waals surface area contributed by atoms with Crippen molar-refractivity contribution in [1.29, 1.82) is 0 Å². The molecule has 2 fully saturated rings. The Morgan fingerprint density at radius 3 is 2.41 bits per heavy atom. The molecule has 2 saturated heterocycles. The Balaban J connectivity index is 1.43. The number of amides is 1. The highest BCUT2D eigenvalue weighted by Crippen LogP contribution is 2.39. The monoisotopic (exact) mass is 384 g/mol. The van der Waals surface area contributed by atoms with Gasteiger partial charge in [0.1, 0.15) is 0 Å². The molecule has 0 N–H and O–H groups in total. The molecular formula is C22H28N2O2S. The van der Waals surface area contributed by atoms with Crippen molar-refractivity contribution in [2.75, 3.05) is 39.4 Å². The molecule has 0 atom stereocenters. The van der Waals surface area contributed by atoms with Gasteiger partial charge in [0.2, 0.25) is 5.91 Å². The highest BCUT2D eigenvalue weighted by molar-refractivity contribution is 7.09. The molecule has 2 aromatic rings. The van der Waals surface area contributed by atoms with Crippen molar-refractivity contribution in [2.24, 2.45) is 0 Å². The summed E-state index contributed by atoms with van der Waals surface area (Å²) in [6.45, 7) is 5.24. The van der Waals surface area contributed by atoms with Crippen LogP contribution in [0.15, 0.2) is 47.8 Å². The van der Waals surface area contributed by atoms with Crippen LogP contribution in [0.4, 0.5) is 0 Å². The molecule has 0 saturated carbocycles. The molecule has 144 valence electrons. The Hall–Kier alpha value is -1.69. The SMILES string of the molecule is O=C(CCc1cccs1)N1CCC(c2ccccc2)(N2CCOCC2)CC1. The summed E-state index contributed by atoms with van der Waals surface area (Å²) in [5, 5.41) is 2.08. The van der Waals surface area contributed by atoms with Gasteiger partial charge in [-0.1, -0.05) is 36.4 Å². The predicted molar refractivity (Wildman–Crippen MR) is 109 cm³/mol. The summed E-state index contributed by atoms with van der Waals surface area (Å²) < 4.78 is 5.59. The fourth-order valence-corrected chi connectivity index (χ4v) is 5.21. The molecule has 0 radical (unpaired) electrons. The van der Waals surface area contributed by atoms with Crippen molar-refractivity contribution in [1.82, 2.24) is 9.80 Å². The second-order valence-corrected chi connectivity index (χ2v) is 8.49. The number of hydrogen-bond acceptors (Lipinski definition) is 4. The maximum Gasteiger partial charge on any atom is 0.222 e. The van der Waals surface area contributed by atoms with Crippen LogP contribution in [0.2, 0.25) is 0 Å². The Morgan fingerprint density at radius 1 is 1.00 bits per heavy atom. The number of thiophene rings is 1. The van der Waals surface area contributed by atoms with Crippen LogP contribution in [-0.4, -0.2) is 55.1 Å². The minimum atomic E-state index is 0.0373. The van der Waals surface area contributed by atoms with E-state index in [4.69, 9.17) is 4.74 Å². The second-order valence-electron chi connectivity index (χ2n) is 7.46. The third kappa shape index (κ3) is 4.10. The van der Waals surface area contributed by atoms with Crippen molar-refractivity contribution < 1.29 is 9.53 Å². The van der Waals surface area contributed by atoms with E-state index >= 15 is 0 Å². The van der Waals surface area contributed by atoms with Gasteiger partial charge in [-0.15, -0.1) is 11.3 Å². The zero-order valence-electron chi connectivity index (χ0n) is 15.8. The van der Waals surface area contributed by atoms with Crippen LogP contribution in [0.1, 0.15) is 29.7 Å². The predicted octanol–water partition coefficient (Wildman–Crippen LogP) is 3.53. The third-order valence-electron chi connectivity index (χ3n) is 6.04. The van der Waals surface area contributed by atoms with Crippen molar-refractivity contribution in [2.45, 2.75) is 31.2 Å². The van der Waals surface area contributed by atoms with E-state index in [1.165, 1.54) is 10.4 Å². The van der Waals surface area contributed by atoms with Crippen LogP contribution in [0.3, 0.4) is 0 Å². The van der Waals surface area contributed by atoms with Crippen LogP contribution in [0, 0.1) is 0 Å². The van der Waals surface area contributed by atoms with Gasteiger partial charge in [0.15, 0.2) is 0 Å². The van der Waals surface area contributed by atoms with E-state index < -0.39 is 0 Å². The highest BCUT2D eigenvalue weighted by Gasteiger charge is 2.42. The highest BCUT2D eigenvalue weighted by atomic mass is 32.1. The molecule has 1 aromatic carbocycles. The number of carbonyl (C=O) groups excluding carboxylic acids is 1. The van der Waals surface area contributed by atoms with Crippen molar-refractivity contribution in [3.63, 3.8) is 0 Å². The molecule has 4 nitrogen and oxygen atoms in total. The van der Waals surface area contributed by atoms with E-state index in [9.17, 15) is 4.79 Å². The minimum Gasteiger partial charge on any atom is -0.379 e. The Bertz CT molecular complexity index is 718. The molecule has 0 aliphatic carbocycles. The Kier molecular flexibility index (Phi) is 5.91. The molecule has 0 spiro atoms. The molecule has 0 unspecified atom stereocenters.